The Labute approximate surface area is 167 Å². The lowest BCUT2D eigenvalue weighted by Crippen LogP contribution is -2.22. The molecule has 27 heavy (non-hydrogen) atoms. The van der Waals surface area contributed by atoms with E-state index < -0.39 is 0 Å². The molecule has 0 saturated heterocycles. The quantitative estimate of drug-likeness (QED) is 0.680. The number of nitrogens with one attached hydrogen (secondary N) is 1. The molecule has 1 N–H and O–H groups in total. The van der Waals surface area contributed by atoms with Gasteiger partial charge >= 0.3 is 0 Å². The van der Waals surface area contributed by atoms with E-state index in [2.05, 4.69) is 16.0 Å². The van der Waals surface area contributed by atoms with Crippen molar-refractivity contribution >= 4 is 39.2 Å². The van der Waals surface area contributed by atoms with Gasteiger partial charge < -0.3 is 9.88 Å². The Morgan fingerprint density at radius 2 is 1.96 bits per heavy atom. The molecule has 1 aromatic heterocycles. The van der Waals surface area contributed by atoms with Gasteiger partial charge in [-0.1, -0.05) is 42.2 Å². The van der Waals surface area contributed by atoms with Crippen LogP contribution in [0.15, 0.2) is 47.3 Å². The molecular weight excluding hydrogens is 376 g/mol. The van der Waals surface area contributed by atoms with Crippen LogP contribution in [0, 0.1) is 18.3 Å². The third kappa shape index (κ3) is 4.73. The number of hydrogen-bond acceptors (Lipinski definition) is 5. The van der Waals surface area contributed by atoms with Gasteiger partial charge in [0.1, 0.15) is 10.1 Å². The number of rotatable bonds is 4. The summed E-state index contributed by atoms with van der Waals surface area (Å²) in [6.45, 7) is 2.38. The summed E-state index contributed by atoms with van der Waals surface area (Å²) in [6.07, 6.45) is 0. The van der Waals surface area contributed by atoms with E-state index in [-0.39, 0.29) is 5.56 Å². The molecule has 0 atom stereocenters. The summed E-state index contributed by atoms with van der Waals surface area (Å²) >= 11 is 7.09. The number of hydrogen-bond donors (Lipinski definition) is 1. The summed E-state index contributed by atoms with van der Waals surface area (Å²) < 4.78 is 0.774. The smallest absolute Gasteiger partial charge is 0.258 e. The summed E-state index contributed by atoms with van der Waals surface area (Å²) in [7, 11) is 1.94. The van der Waals surface area contributed by atoms with Gasteiger partial charge in [-0.05, 0) is 42.3 Å². The average Bonchev–Trinajstić information content (AvgIpc) is 2.66. The van der Waals surface area contributed by atoms with Crippen LogP contribution < -0.4 is 5.56 Å². The average molecular weight is 395 g/mol. The molecule has 3 rings (SSSR count). The van der Waals surface area contributed by atoms with Crippen molar-refractivity contribution in [2.45, 2.75) is 19.2 Å². The van der Waals surface area contributed by atoms with Crippen LogP contribution in [0.2, 0.25) is 0 Å². The number of nitrogens with zero attached hydrogens (tertiary/aromatic N) is 3. The van der Waals surface area contributed by atoms with E-state index in [9.17, 15) is 4.79 Å². The third-order valence-electron chi connectivity index (χ3n) is 4.06. The van der Waals surface area contributed by atoms with E-state index in [4.69, 9.17) is 17.5 Å². The lowest BCUT2D eigenvalue weighted by Gasteiger charge is -2.19. The van der Waals surface area contributed by atoms with Gasteiger partial charge in [-0.15, -0.1) is 0 Å². The van der Waals surface area contributed by atoms with Crippen molar-refractivity contribution in [3.05, 3.63) is 75.3 Å². The Morgan fingerprint density at radius 1 is 1.26 bits per heavy atom. The first-order valence-electron chi connectivity index (χ1n) is 8.33. The minimum absolute atomic E-state index is 0.125. The molecule has 2 aromatic carbocycles. The van der Waals surface area contributed by atoms with E-state index in [1.807, 2.05) is 54.4 Å². The third-order valence-corrected chi connectivity index (χ3v) is 5.77. The summed E-state index contributed by atoms with van der Waals surface area (Å²) in [6, 6.07) is 15.3. The predicted octanol–water partition coefficient (Wildman–Crippen LogP) is 3.75. The van der Waals surface area contributed by atoms with Gasteiger partial charge in [-0.2, -0.15) is 5.26 Å². The number of thioether (sulfide) groups is 1. The SMILES string of the molecule is Cc1nc2ccc(CN(C)C(=S)SCc3ccc(C#N)cc3)cc2c(=O)[nH]1. The van der Waals surface area contributed by atoms with Crippen molar-refractivity contribution < 1.29 is 0 Å². The second-order valence-electron chi connectivity index (χ2n) is 6.22. The van der Waals surface area contributed by atoms with Gasteiger partial charge in [0, 0.05) is 19.3 Å². The fourth-order valence-corrected chi connectivity index (χ4v) is 3.68. The van der Waals surface area contributed by atoms with E-state index in [0.717, 1.165) is 21.2 Å². The zero-order chi connectivity index (χ0) is 19.4. The Morgan fingerprint density at radius 3 is 2.67 bits per heavy atom. The summed E-state index contributed by atoms with van der Waals surface area (Å²) in [5.74, 6) is 1.35. The number of nitriles is 1. The Hall–Kier alpha value is -2.69. The molecule has 1 heterocycles. The molecule has 0 aliphatic carbocycles. The molecule has 0 fully saturated rings. The molecule has 7 heteroatoms. The maximum atomic E-state index is 12.1. The van der Waals surface area contributed by atoms with Crippen LogP contribution in [0.5, 0.6) is 0 Å². The molecule has 0 amide bonds. The first-order valence-corrected chi connectivity index (χ1v) is 9.72. The van der Waals surface area contributed by atoms with Crippen LogP contribution in [-0.4, -0.2) is 26.2 Å². The number of fused-ring (bicyclic) bond motifs is 1. The fourth-order valence-electron chi connectivity index (χ4n) is 2.67. The van der Waals surface area contributed by atoms with Crippen LogP contribution >= 0.6 is 24.0 Å². The van der Waals surface area contributed by atoms with Gasteiger partial charge in [0.15, 0.2) is 0 Å². The lowest BCUT2D eigenvalue weighted by molar-refractivity contribution is 0.519. The normalized spacial score (nSPS) is 10.6. The molecule has 0 saturated carbocycles. The number of benzene rings is 2. The fraction of sp³-hybridized carbons (Fsp3) is 0.200. The number of thiocarbonyl (C=S) groups is 1. The molecule has 136 valence electrons. The number of aromatic nitrogens is 2. The highest BCUT2D eigenvalue weighted by Gasteiger charge is 2.09. The van der Waals surface area contributed by atoms with Crippen molar-refractivity contribution in [1.82, 2.24) is 14.9 Å². The Kier molecular flexibility index (Phi) is 5.89. The van der Waals surface area contributed by atoms with Crippen LogP contribution in [-0.2, 0) is 12.3 Å². The minimum Gasteiger partial charge on any atom is -0.356 e. The second-order valence-corrected chi connectivity index (χ2v) is 7.83. The highest BCUT2D eigenvalue weighted by Crippen LogP contribution is 2.19. The molecule has 0 aliphatic heterocycles. The molecule has 0 bridgehead atoms. The first-order chi connectivity index (χ1) is 13.0. The zero-order valence-electron chi connectivity index (χ0n) is 15.0. The number of H-pyrrole nitrogens is 1. The van der Waals surface area contributed by atoms with Gasteiger partial charge in [0.2, 0.25) is 0 Å². The molecule has 3 aromatic rings. The topological polar surface area (TPSA) is 72.8 Å². The maximum Gasteiger partial charge on any atom is 0.258 e. The summed E-state index contributed by atoms with van der Waals surface area (Å²) in [4.78, 5) is 21.2. The number of aromatic amines is 1. The highest BCUT2D eigenvalue weighted by atomic mass is 32.2. The van der Waals surface area contributed by atoms with Crippen LogP contribution in [0.1, 0.15) is 22.5 Å². The molecule has 5 nitrogen and oxygen atoms in total. The Bertz CT molecular complexity index is 1080. The Balaban J connectivity index is 1.64. The van der Waals surface area contributed by atoms with E-state index >= 15 is 0 Å². The van der Waals surface area contributed by atoms with Crippen LogP contribution in [0.4, 0.5) is 0 Å². The first kappa shape index (κ1) is 19.1. The van der Waals surface area contributed by atoms with E-state index in [1.54, 1.807) is 18.7 Å². The second kappa shape index (κ2) is 8.33. The maximum absolute atomic E-state index is 12.1. The van der Waals surface area contributed by atoms with Gasteiger partial charge in [-0.3, -0.25) is 4.79 Å². The summed E-state index contributed by atoms with van der Waals surface area (Å²) in [5, 5.41) is 9.43. The van der Waals surface area contributed by atoms with Crippen molar-refractivity contribution in [3.8, 4) is 6.07 Å². The standard InChI is InChI=1S/C20H18N4OS2/c1-13-22-18-8-7-16(9-17(18)19(25)23-13)11-24(2)20(26)27-12-15-5-3-14(10-21)4-6-15/h3-9H,11-12H2,1-2H3,(H,22,23,25). The van der Waals surface area contributed by atoms with Crippen LogP contribution in [0.25, 0.3) is 10.9 Å². The minimum atomic E-state index is -0.125. The van der Waals surface area contributed by atoms with E-state index in [0.29, 0.717) is 28.8 Å². The van der Waals surface area contributed by atoms with E-state index in [1.165, 1.54) is 0 Å². The molecule has 0 radical (unpaired) electrons. The highest BCUT2D eigenvalue weighted by molar-refractivity contribution is 8.22. The largest absolute Gasteiger partial charge is 0.356 e. The lowest BCUT2D eigenvalue weighted by atomic mass is 10.1. The monoisotopic (exact) mass is 394 g/mol. The number of aryl methyl sites for hydroxylation is 1. The summed E-state index contributed by atoms with van der Waals surface area (Å²) in [5.41, 5.74) is 3.34. The van der Waals surface area contributed by atoms with Crippen LogP contribution in [0.3, 0.4) is 0 Å². The predicted molar refractivity (Wildman–Crippen MR) is 114 cm³/mol. The molecule has 0 spiro atoms. The van der Waals surface area contributed by atoms with Gasteiger partial charge in [-0.25, -0.2) is 4.98 Å². The zero-order valence-corrected chi connectivity index (χ0v) is 16.7. The molecule has 0 aliphatic rings. The van der Waals surface area contributed by atoms with Gasteiger partial charge in [0.25, 0.3) is 5.56 Å². The molecule has 0 unspecified atom stereocenters. The van der Waals surface area contributed by atoms with Crippen molar-refractivity contribution in [2.24, 2.45) is 0 Å². The van der Waals surface area contributed by atoms with Crippen molar-refractivity contribution in [1.29, 1.82) is 5.26 Å². The molecular formula is C20H18N4OS2. The van der Waals surface area contributed by atoms with Gasteiger partial charge in [0.05, 0.1) is 22.5 Å². The van der Waals surface area contributed by atoms with Crippen molar-refractivity contribution in [3.63, 3.8) is 0 Å². The van der Waals surface area contributed by atoms with Crippen molar-refractivity contribution in [2.75, 3.05) is 7.05 Å².